The molecule has 2 aromatic carbocycles. The number of rotatable bonds is 9. The maximum absolute atomic E-state index is 15.4. The summed E-state index contributed by atoms with van der Waals surface area (Å²) in [6.45, 7) is 3.10. The summed E-state index contributed by atoms with van der Waals surface area (Å²) in [4.78, 5) is 4.45. The van der Waals surface area contributed by atoms with Crippen LogP contribution in [0, 0.1) is 12.7 Å². The SMILES string of the molecule is CCC(F)(F)[C@@](O)(CSC)C(Nc1cccc2nc(C)ccc12)c1ccc(O)c(OC)c1F. The Morgan fingerprint density at radius 3 is 2.55 bits per heavy atom. The first-order valence-corrected chi connectivity index (χ1v) is 11.8. The second-order valence-corrected chi connectivity index (χ2v) is 8.70. The molecule has 5 nitrogen and oxygen atoms in total. The highest BCUT2D eigenvalue weighted by Crippen LogP contribution is 2.47. The molecule has 0 aliphatic heterocycles. The van der Waals surface area contributed by atoms with Gasteiger partial charge in [0.15, 0.2) is 22.9 Å². The van der Waals surface area contributed by atoms with Crippen LogP contribution in [0.5, 0.6) is 11.5 Å². The van der Waals surface area contributed by atoms with Crippen molar-refractivity contribution in [1.29, 1.82) is 0 Å². The van der Waals surface area contributed by atoms with E-state index in [4.69, 9.17) is 4.74 Å². The highest BCUT2D eigenvalue weighted by atomic mass is 32.2. The van der Waals surface area contributed by atoms with E-state index in [9.17, 15) is 10.2 Å². The maximum Gasteiger partial charge on any atom is 0.279 e. The number of aliphatic hydroxyl groups is 1. The first kappa shape index (κ1) is 25.0. The molecule has 1 heterocycles. The number of nitrogens with zero attached hydrogens (tertiary/aromatic N) is 1. The lowest BCUT2D eigenvalue weighted by atomic mass is 9.82. The van der Waals surface area contributed by atoms with Gasteiger partial charge in [-0.15, -0.1) is 0 Å². The zero-order chi connectivity index (χ0) is 24.4. The van der Waals surface area contributed by atoms with E-state index in [1.807, 2.05) is 6.92 Å². The number of nitrogens with one attached hydrogen (secondary N) is 1. The number of fused-ring (bicyclic) bond motifs is 1. The molecule has 3 N–H and O–H groups in total. The molecule has 0 saturated heterocycles. The van der Waals surface area contributed by atoms with Crippen LogP contribution in [0.15, 0.2) is 42.5 Å². The Balaban J connectivity index is 2.27. The highest BCUT2D eigenvalue weighted by Gasteiger charge is 2.57. The molecule has 0 aliphatic rings. The van der Waals surface area contributed by atoms with E-state index in [1.54, 1.807) is 36.6 Å². The number of benzene rings is 2. The Morgan fingerprint density at radius 2 is 1.91 bits per heavy atom. The molecule has 9 heteroatoms. The average molecular weight is 481 g/mol. The topological polar surface area (TPSA) is 74.6 Å². The van der Waals surface area contributed by atoms with Gasteiger partial charge in [0.2, 0.25) is 0 Å². The molecular weight excluding hydrogens is 453 g/mol. The molecule has 3 aromatic rings. The average Bonchev–Trinajstić information content (AvgIpc) is 2.78. The van der Waals surface area contributed by atoms with E-state index in [0.29, 0.717) is 16.6 Å². The van der Waals surface area contributed by atoms with Crippen molar-refractivity contribution in [1.82, 2.24) is 4.98 Å². The molecule has 0 amide bonds. The number of aromatic hydroxyl groups is 1. The second-order valence-electron chi connectivity index (χ2n) is 7.84. The molecule has 0 bridgehead atoms. The number of pyridine rings is 1. The van der Waals surface area contributed by atoms with Crippen LogP contribution in [-0.2, 0) is 0 Å². The van der Waals surface area contributed by atoms with E-state index in [0.717, 1.165) is 30.6 Å². The van der Waals surface area contributed by atoms with Crippen molar-refractivity contribution in [2.75, 3.05) is 24.4 Å². The Morgan fingerprint density at radius 1 is 1.18 bits per heavy atom. The van der Waals surface area contributed by atoms with Crippen LogP contribution in [0.4, 0.5) is 18.9 Å². The summed E-state index contributed by atoms with van der Waals surface area (Å²) in [5.74, 6) is -5.93. The van der Waals surface area contributed by atoms with Gasteiger partial charge >= 0.3 is 0 Å². The van der Waals surface area contributed by atoms with E-state index < -0.39 is 41.3 Å². The Bertz CT molecular complexity index is 1150. The summed E-state index contributed by atoms with van der Waals surface area (Å²) >= 11 is 1.02. The third kappa shape index (κ3) is 4.56. The van der Waals surface area contributed by atoms with Crippen LogP contribution in [0.3, 0.4) is 0 Å². The van der Waals surface area contributed by atoms with Gasteiger partial charge in [0.25, 0.3) is 5.92 Å². The quantitative estimate of drug-likeness (QED) is 0.365. The predicted molar refractivity (Wildman–Crippen MR) is 126 cm³/mol. The Hall–Kier alpha value is -2.65. The van der Waals surface area contributed by atoms with Crippen molar-refractivity contribution in [3.05, 3.63) is 59.5 Å². The predicted octanol–water partition coefficient (Wildman–Crippen LogP) is 5.69. The summed E-state index contributed by atoms with van der Waals surface area (Å²) in [6, 6.07) is 9.46. The molecule has 1 unspecified atom stereocenters. The molecule has 0 spiro atoms. The number of phenols is 1. The third-order valence-corrected chi connectivity index (χ3v) is 6.44. The van der Waals surface area contributed by atoms with Gasteiger partial charge < -0.3 is 20.3 Å². The minimum absolute atomic E-state index is 0.258. The minimum atomic E-state index is -3.56. The van der Waals surface area contributed by atoms with Crippen LogP contribution in [0.1, 0.15) is 30.6 Å². The summed E-state index contributed by atoms with van der Waals surface area (Å²) < 4.78 is 50.9. The molecule has 178 valence electrons. The van der Waals surface area contributed by atoms with Crippen molar-refractivity contribution in [2.45, 2.75) is 37.8 Å². The number of ether oxygens (including phenoxy) is 1. The smallest absolute Gasteiger partial charge is 0.279 e. The minimum Gasteiger partial charge on any atom is -0.504 e. The third-order valence-electron chi connectivity index (χ3n) is 5.71. The van der Waals surface area contributed by atoms with Crippen molar-refractivity contribution in [3.63, 3.8) is 0 Å². The number of hydrogen-bond donors (Lipinski definition) is 3. The van der Waals surface area contributed by atoms with E-state index >= 15 is 13.2 Å². The first-order chi connectivity index (χ1) is 15.6. The second kappa shape index (κ2) is 9.69. The van der Waals surface area contributed by atoms with Crippen LogP contribution in [-0.4, -0.2) is 45.8 Å². The van der Waals surface area contributed by atoms with Crippen molar-refractivity contribution >= 4 is 28.4 Å². The van der Waals surface area contributed by atoms with Crippen molar-refractivity contribution in [3.8, 4) is 11.5 Å². The number of methoxy groups -OCH3 is 1. The lowest BCUT2D eigenvalue weighted by molar-refractivity contribution is -0.178. The molecule has 1 aromatic heterocycles. The lowest BCUT2D eigenvalue weighted by Gasteiger charge is -2.42. The molecule has 0 aliphatic carbocycles. The normalized spacial score (nSPS) is 14.7. The number of thioether (sulfide) groups is 1. The highest BCUT2D eigenvalue weighted by molar-refractivity contribution is 7.98. The Kier molecular flexibility index (Phi) is 7.33. The first-order valence-electron chi connectivity index (χ1n) is 10.4. The fraction of sp³-hybridized carbons (Fsp3) is 0.375. The molecular formula is C24H27F3N2O3S. The maximum atomic E-state index is 15.4. The molecule has 0 saturated carbocycles. The fourth-order valence-corrected chi connectivity index (χ4v) is 4.72. The zero-order valence-electron chi connectivity index (χ0n) is 18.8. The van der Waals surface area contributed by atoms with Gasteiger partial charge in [-0.2, -0.15) is 11.8 Å². The summed E-state index contributed by atoms with van der Waals surface area (Å²) in [6.07, 6.45) is 0.932. The summed E-state index contributed by atoms with van der Waals surface area (Å²) in [5.41, 5.74) is -1.13. The van der Waals surface area contributed by atoms with E-state index in [2.05, 4.69) is 10.3 Å². The number of aromatic nitrogens is 1. The van der Waals surface area contributed by atoms with Gasteiger partial charge in [-0.25, -0.2) is 13.2 Å². The fourth-order valence-electron chi connectivity index (χ4n) is 3.90. The molecule has 2 atom stereocenters. The standard InChI is InChI=1S/C24H27F3N2O3S/c1-5-24(26,27)23(31,13-33-4)22(16-11-12-19(30)21(32-3)20(16)25)29-18-8-6-7-17-15(18)10-9-14(2)28-17/h6-12,22,29-31H,5,13H2,1-4H3/t22?,23-/m1/s1. The monoisotopic (exact) mass is 480 g/mol. The largest absolute Gasteiger partial charge is 0.504 e. The Labute approximate surface area is 195 Å². The lowest BCUT2D eigenvalue weighted by Crippen LogP contribution is -2.56. The summed E-state index contributed by atoms with van der Waals surface area (Å²) in [5, 5.41) is 25.0. The molecule has 0 radical (unpaired) electrons. The van der Waals surface area contributed by atoms with Crippen LogP contribution in [0.2, 0.25) is 0 Å². The van der Waals surface area contributed by atoms with Crippen molar-refractivity contribution in [2.24, 2.45) is 0 Å². The number of hydrogen-bond acceptors (Lipinski definition) is 6. The number of anilines is 1. The molecule has 0 fully saturated rings. The van der Waals surface area contributed by atoms with Gasteiger partial charge in [-0.1, -0.05) is 13.0 Å². The number of alkyl halides is 2. The van der Waals surface area contributed by atoms with Gasteiger partial charge in [-0.05, 0) is 49.6 Å². The van der Waals surface area contributed by atoms with Gasteiger partial charge in [0.05, 0.1) is 18.7 Å². The molecule has 3 rings (SSSR count). The molecule has 33 heavy (non-hydrogen) atoms. The van der Waals surface area contributed by atoms with E-state index in [-0.39, 0.29) is 11.3 Å². The van der Waals surface area contributed by atoms with Gasteiger partial charge in [0, 0.05) is 34.5 Å². The van der Waals surface area contributed by atoms with Gasteiger partial charge in [-0.3, -0.25) is 4.98 Å². The van der Waals surface area contributed by atoms with Crippen LogP contribution >= 0.6 is 11.8 Å². The summed E-state index contributed by atoms with van der Waals surface area (Å²) in [7, 11) is 1.16. The zero-order valence-corrected chi connectivity index (χ0v) is 19.6. The van der Waals surface area contributed by atoms with Crippen LogP contribution < -0.4 is 10.1 Å². The number of phenolic OH excluding ortho intramolecular Hbond substituents is 1. The van der Waals surface area contributed by atoms with E-state index in [1.165, 1.54) is 13.0 Å². The number of halogens is 3. The van der Waals surface area contributed by atoms with Crippen molar-refractivity contribution < 1.29 is 28.1 Å². The number of aryl methyl sites for hydroxylation is 1. The van der Waals surface area contributed by atoms with Gasteiger partial charge in [0.1, 0.15) is 0 Å². The van der Waals surface area contributed by atoms with Crippen LogP contribution in [0.25, 0.3) is 10.9 Å².